The Morgan fingerprint density at radius 2 is 1.90 bits per heavy atom. The van der Waals surface area contributed by atoms with Gasteiger partial charge in [-0.05, 0) is 30.2 Å². The summed E-state index contributed by atoms with van der Waals surface area (Å²) in [6.07, 6.45) is 0. The van der Waals surface area contributed by atoms with E-state index < -0.39 is 9.84 Å². The van der Waals surface area contributed by atoms with Crippen LogP contribution in [0.2, 0.25) is 0 Å². The molecule has 0 aromatic heterocycles. The molecule has 0 fully saturated rings. The summed E-state index contributed by atoms with van der Waals surface area (Å²) in [6.45, 7) is 5.04. The smallest absolute Gasteiger partial charge is 0.179 e. The van der Waals surface area contributed by atoms with Crippen molar-refractivity contribution in [2.75, 3.05) is 26.0 Å². The molecule has 5 nitrogen and oxygen atoms in total. The summed E-state index contributed by atoms with van der Waals surface area (Å²) in [5.74, 6) is 0.383. The highest BCUT2D eigenvalue weighted by molar-refractivity contribution is 7.91. The lowest BCUT2D eigenvalue weighted by Gasteiger charge is -2.21. The predicted octanol–water partition coefficient (Wildman–Crippen LogP) is 1.59. The molecule has 0 saturated heterocycles. The molecule has 116 valence electrons. The van der Waals surface area contributed by atoms with Crippen LogP contribution < -0.4 is 5.32 Å². The van der Waals surface area contributed by atoms with Crippen molar-refractivity contribution < 1.29 is 13.2 Å². The van der Waals surface area contributed by atoms with Gasteiger partial charge in [0.05, 0.1) is 28.9 Å². The van der Waals surface area contributed by atoms with Gasteiger partial charge in [-0.1, -0.05) is 13.8 Å². The van der Waals surface area contributed by atoms with E-state index in [1.54, 1.807) is 7.11 Å². The third-order valence-corrected chi connectivity index (χ3v) is 5.00. The number of sulfone groups is 1. The van der Waals surface area contributed by atoms with Crippen molar-refractivity contribution in [1.29, 1.82) is 5.26 Å². The zero-order valence-corrected chi connectivity index (χ0v) is 13.5. The Morgan fingerprint density at radius 1 is 1.29 bits per heavy atom. The first kappa shape index (κ1) is 17.6. The van der Waals surface area contributed by atoms with E-state index in [9.17, 15) is 8.42 Å². The lowest BCUT2D eigenvalue weighted by Crippen LogP contribution is -2.40. The topological polar surface area (TPSA) is 79.2 Å². The number of hydrogen-bond acceptors (Lipinski definition) is 5. The lowest BCUT2D eigenvalue weighted by atomic mass is 10.1. The van der Waals surface area contributed by atoms with Crippen molar-refractivity contribution in [2.45, 2.75) is 24.8 Å². The minimum Gasteiger partial charge on any atom is -0.383 e. The summed E-state index contributed by atoms with van der Waals surface area (Å²) >= 11 is 0. The monoisotopic (exact) mass is 310 g/mol. The number of benzene rings is 1. The number of rotatable bonds is 8. The second-order valence-corrected chi connectivity index (χ2v) is 7.32. The van der Waals surface area contributed by atoms with Gasteiger partial charge in [-0.3, -0.25) is 0 Å². The van der Waals surface area contributed by atoms with Crippen LogP contribution in [-0.4, -0.2) is 40.5 Å². The predicted molar refractivity (Wildman–Crippen MR) is 81.7 cm³/mol. The molecule has 0 saturated carbocycles. The molecule has 0 aliphatic rings. The second kappa shape index (κ2) is 8.13. The van der Waals surface area contributed by atoms with Crippen molar-refractivity contribution in [1.82, 2.24) is 5.32 Å². The Bertz CT molecular complexity index is 574. The number of nitrogens with one attached hydrogen (secondary N) is 1. The molecule has 1 aromatic rings. The average molecular weight is 310 g/mol. The fourth-order valence-electron chi connectivity index (χ4n) is 1.90. The summed E-state index contributed by atoms with van der Waals surface area (Å²) in [7, 11) is -1.70. The highest BCUT2D eigenvalue weighted by Gasteiger charge is 2.17. The number of nitriles is 1. The molecule has 0 amide bonds. The van der Waals surface area contributed by atoms with E-state index in [-0.39, 0.29) is 16.7 Å². The van der Waals surface area contributed by atoms with Gasteiger partial charge in [0.15, 0.2) is 9.84 Å². The van der Waals surface area contributed by atoms with Crippen LogP contribution in [0.15, 0.2) is 29.2 Å². The van der Waals surface area contributed by atoms with Gasteiger partial charge in [-0.2, -0.15) is 5.26 Å². The molecule has 0 radical (unpaired) electrons. The molecule has 0 spiro atoms. The van der Waals surface area contributed by atoms with E-state index >= 15 is 0 Å². The fraction of sp³-hybridized carbons (Fsp3) is 0.533. The van der Waals surface area contributed by atoms with Crippen molar-refractivity contribution in [3.05, 3.63) is 29.8 Å². The fourth-order valence-corrected chi connectivity index (χ4v) is 3.07. The largest absolute Gasteiger partial charge is 0.383 e. The normalized spacial score (nSPS) is 13.1. The van der Waals surface area contributed by atoms with E-state index in [0.29, 0.717) is 24.6 Å². The van der Waals surface area contributed by atoms with E-state index in [1.165, 1.54) is 24.3 Å². The average Bonchev–Trinajstić information content (AvgIpc) is 2.46. The Kier molecular flexibility index (Phi) is 6.82. The maximum absolute atomic E-state index is 12.2. The van der Waals surface area contributed by atoms with Crippen LogP contribution in [0.5, 0.6) is 0 Å². The Balaban J connectivity index is 2.62. The first-order chi connectivity index (χ1) is 9.90. The molecule has 0 bridgehead atoms. The minimum atomic E-state index is -3.33. The van der Waals surface area contributed by atoms with Crippen molar-refractivity contribution in [2.24, 2.45) is 5.92 Å². The molecule has 1 aromatic carbocycles. The Hall–Kier alpha value is -1.42. The molecule has 1 unspecified atom stereocenters. The number of methoxy groups -OCH3 is 1. The van der Waals surface area contributed by atoms with Gasteiger partial charge in [-0.25, -0.2) is 8.42 Å². The molecule has 0 aliphatic heterocycles. The second-order valence-electron chi connectivity index (χ2n) is 5.22. The van der Waals surface area contributed by atoms with Gasteiger partial charge in [0, 0.05) is 19.7 Å². The van der Waals surface area contributed by atoms with Crippen molar-refractivity contribution in [3.8, 4) is 6.07 Å². The summed E-state index contributed by atoms with van der Waals surface area (Å²) < 4.78 is 29.5. The SMILES string of the molecule is COCC(NCCS(=O)(=O)c1ccc(C#N)cc1)C(C)C. The molecule has 1 rings (SSSR count). The molecule has 0 aliphatic carbocycles. The maximum atomic E-state index is 12.2. The van der Waals surface area contributed by atoms with Crippen LogP contribution in [0.3, 0.4) is 0 Å². The van der Waals surface area contributed by atoms with E-state index in [2.05, 4.69) is 19.2 Å². The highest BCUT2D eigenvalue weighted by Crippen LogP contribution is 2.12. The van der Waals surface area contributed by atoms with Gasteiger partial charge in [0.2, 0.25) is 0 Å². The quantitative estimate of drug-likeness (QED) is 0.789. The number of ether oxygens (including phenoxy) is 1. The van der Waals surface area contributed by atoms with Crippen LogP contribution in [-0.2, 0) is 14.6 Å². The molecular weight excluding hydrogens is 288 g/mol. The van der Waals surface area contributed by atoms with E-state index in [0.717, 1.165) is 0 Å². The third-order valence-electron chi connectivity index (χ3n) is 3.27. The van der Waals surface area contributed by atoms with Crippen LogP contribution in [0.1, 0.15) is 19.4 Å². The molecule has 6 heteroatoms. The molecular formula is C15H22N2O3S. The third kappa shape index (κ3) is 5.46. The first-order valence-electron chi connectivity index (χ1n) is 6.86. The van der Waals surface area contributed by atoms with Gasteiger partial charge < -0.3 is 10.1 Å². The Labute approximate surface area is 126 Å². The zero-order valence-electron chi connectivity index (χ0n) is 12.7. The van der Waals surface area contributed by atoms with Crippen LogP contribution in [0, 0.1) is 17.2 Å². The molecule has 1 atom stereocenters. The summed E-state index contributed by atoms with van der Waals surface area (Å²) in [5.41, 5.74) is 0.451. The minimum absolute atomic E-state index is 0.0197. The van der Waals surface area contributed by atoms with Gasteiger partial charge in [0.25, 0.3) is 0 Å². The van der Waals surface area contributed by atoms with Crippen molar-refractivity contribution in [3.63, 3.8) is 0 Å². The standard InChI is InChI=1S/C15H22N2O3S/c1-12(2)15(11-20-3)17-8-9-21(18,19)14-6-4-13(10-16)5-7-14/h4-7,12,15,17H,8-9,11H2,1-3H3. The summed E-state index contributed by atoms with van der Waals surface area (Å²) in [4.78, 5) is 0.246. The first-order valence-corrected chi connectivity index (χ1v) is 8.51. The van der Waals surface area contributed by atoms with E-state index in [4.69, 9.17) is 10.00 Å². The number of nitrogens with zero attached hydrogens (tertiary/aromatic N) is 1. The van der Waals surface area contributed by atoms with Gasteiger partial charge in [-0.15, -0.1) is 0 Å². The van der Waals surface area contributed by atoms with Gasteiger partial charge in [0.1, 0.15) is 0 Å². The molecule has 21 heavy (non-hydrogen) atoms. The zero-order chi connectivity index (χ0) is 15.9. The van der Waals surface area contributed by atoms with Crippen molar-refractivity contribution >= 4 is 9.84 Å². The Morgan fingerprint density at radius 3 is 2.38 bits per heavy atom. The molecule has 0 heterocycles. The summed E-state index contributed by atoms with van der Waals surface area (Å²) in [5, 5.41) is 11.9. The van der Waals surface area contributed by atoms with E-state index in [1.807, 2.05) is 6.07 Å². The van der Waals surface area contributed by atoms with Crippen LogP contribution in [0.25, 0.3) is 0 Å². The molecule has 1 N–H and O–H groups in total. The maximum Gasteiger partial charge on any atom is 0.179 e. The van der Waals surface area contributed by atoms with Crippen LogP contribution in [0.4, 0.5) is 0 Å². The summed E-state index contributed by atoms with van der Waals surface area (Å²) in [6, 6.07) is 8.08. The lowest BCUT2D eigenvalue weighted by molar-refractivity contribution is 0.148. The van der Waals surface area contributed by atoms with Gasteiger partial charge >= 0.3 is 0 Å². The van der Waals surface area contributed by atoms with Crippen LogP contribution >= 0.6 is 0 Å². The highest BCUT2D eigenvalue weighted by atomic mass is 32.2. The number of hydrogen-bond donors (Lipinski definition) is 1.